The molecule has 1 aliphatic heterocycles. The topological polar surface area (TPSA) is 55.6 Å². The average Bonchev–Trinajstić information content (AvgIpc) is 2.52. The Labute approximate surface area is 147 Å². The minimum absolute atomic E-state index is 0.0727. The Morgan fingerprint density at radius 3 is 2.76 bits per heavy atom. The predicted molar refractivity (Wildman–Crippen MR) is 95.0 cm³/mol. The molecular formula is C15H20BrIN2O2. The number of fused-ring (bicyclic) bond motifs is 1. The molecule has 1 aromatic carbocycles. The second kappa shape index (κ2) is 6.42. The number of benzene rings is 1. The summed E-state index contributed by atoms with van der Waals surface area (Å²) < 4.78 is 7.62. The lowest BCUT2D eigenvalue weighted by molar-refractivity contribution is 0.0234. The monoisotopic (exact) mass is 466 g/mol. The van der Waals surface area contributed by atoms with Crippen LogP contribution >= 0.6 is 38.5 Å². The summed E-state index contributed by atoms with van der Waals surface area (Å²) in [6.07, 6.45) is 0.448. The van der Waals surface area contributed by atoms with Gasteiger partial charge in [-0.2, -0.15) is 0 Å². The second-order valence-corrected chi connectivity index (χ2v) is 8.24. The summed E-state index contributed by atoms with van der Waals surface area (Å²) >= 11 is 5.87. The van der Waals surface area contributed by atoms with Gasteiger partial charge in [0.25, 0.3) is 0 Å². The Bertz CT molecular complexity index is 557. The SMILES string of the molecule is CC(C)(C)OC(=O)N1CCC(N)c2c(Br)ccc(I)c2C1. The first-order valence-electron chi connectivity index (χ1n) is 6.89. The van der Waals surface area contributed by atoms with E-state index in [0.29, 0.717) is 13.1 Å². The van der Waals surface area contributed by atoms with Crippen LogP contribution < -0.4 is 5.73 Å². The predicted octanol–water partition coefficient (Wildman–Crippen LogP) is 4.19. The summed E-state index contributed by atoms with van der Waals surface area (Å²) in [7, 11) is 0. The summed E-state index contributed by atoms with van der Waals surface area (Å²) in [6.45, 7) is 6.77. The smallest absolute Gasteiger partial charge is 0.410 e. The maximum atomic E-state index is 12.3. The van der Waals surface area contributed by atoms with E-state index >= 15 is 0 Å². The zero-order valence-corrected chi connectivity index (χ0v) is 16.2. The number of rotatable bonds is 0. The Balaban J connectivity index is 2.31. The van der Waals surface area contributed by atoms with Crippen LogP contribution in [-0.4, -0.2) is 23.1 Å². The van der Waals surface area contributed by atoms with Crippen LogP contribution in [0.1, 0.15) is 44.4 Å². The molecule has 1 amide bonds. The Kier molecular flexibility index (Phi) is 5.20. The Morgan fingerprint density at radius 1 is 1.48 bits per heavy atom. The van der Waals surface area contributed by atoms with Crippen LogP contribution in [0.3, 0.4) is 0 Å². The van der Waals surface area contributed by atoms with Crippen molar-refractivity contribution >= 4 is 44.6 Å². The summed E-state index contributed by atoms with van der Waals surface area (Å²) in [5.41, 5.74) is 8.02. The molecule has 0 saturated heterocycles. The van der Waals surface area contributed by atoms with E-state index < -0.39 is 5.60 Å². The van der Waals surface area contributed by atoms with E-state index in [-0.39, 0.29) is 12.1 Å². The first-order valence-corrected chi connectivity index (χ1v) is 8.76. The molecule has 2 N–H and O–H groups in total. The van der Waals surface area contributed by atoms with E-state index in [4.69, 9.17) is 10.5 Å². The van der Waals surface area contributed by atoms with Crippen molar-refractivity contribution in [3.05, 3.63) is 31.3 Å². The van der Waals surface area contributed by atoms with E-state index in [0.717, 1.165) is 25.6 Å². The van der Waals surface area contributed by atoms with Gasteiger partial charge in [0.2, 0.25) is 0 Å². The van der Waals surface area contributed by atoms with Crippen LogP contribution in [0.15, 0.2) is 16.6 Å². The molecule has 1 heterocycles. The van der Waals surface area contributed by atoms with Crippen molar-refractivity contribution < 1.29 is 9.53 Å². The average molecular weight is 467 g/mol. The maximum absolute atomic E-state index is 12.3. The molecule has 1 unspecified atom stereocenters. The van der Waals surface area contributed by atoms with Crippen LogP contribution in [0.5, 0.6) is 0 Å². The van der Waals surface area contributed by atoms with Crippen LogP contribution in [0, 0.1) is 3.57 Å². The van der Waals surface area contributed by atoms with Gasteiger partial charge >= 0.3 is 6.09 Å². The van der Waals surface area contributed by atoms with Gasteiger partial charge in [0.15, 0.2) is 0 Å². The van der Waals surface area contributed by atoms with E-state index in [1.165, 1.54) is 0 Å². The number of hydrogen-bond donors (Lipinski definition) is 1. The molecule has 0 radical (unpaired) electrons. The minimum atomic E-state index is -0.487. The van der Waals surface area contributed by atoms with Crippen LogP contribution in [0.25, 0.3) is 0 Å². The highest BCUT2D eigenvalue weighted by atomic mass is 127. The largest absolute Gasteiger partial charge is 0.444 e. The number of halogens is 2. The third-order valence-electron chi connectivity index (χ3n) is 3.33. The summed E-state index contributed by atoms with van der Waals surface area (Å²) in [6, 6.07) is 3.98. The van der Waals surface area contributed by atoms with Gasteiger partial charge in [-0.15, -0.1) is 0 Å². The van der Waals surface area contributed by atoms with E-state index in [9.17, 15) is 4.79 Å². The lowest BCUT2D eigenvalue weighted by Crippen LogP contribution is -2.36. The molecule has 1 aromatic rings. The first-order chi connectivity index (χ1) is 9.69. The first kappa shape index (κ1) is 17.0. The fourth-order valence-corrected chi connectivity index (χ4v) is 3.67. The summed E-state index contributed by atoms with van der Waals surface area (Å²) in [5.74, 6) is 0. The molecule has 21 heavy (non-hydrogen) atoms. The molecular weight excluding hydrogens is 447 g/mol. The number of nitrogens with zero attached hydrogens (tertiary/aromatic N) is 1. The summed E-state index contributed by atoms with van der Waals surface area (Å²) in [5, 5.41) is 0. The molecule has 6 heteroatoms. The van der Waals surface area contributed by atoms with E-state index in [1.807, 2.05) is 32.9 Å². The molecule has 1 aliphatic rings. The van der Waals surface area contributed by atoms with Crippen molar-refractivity contribution in [2.45, 2.75) is 45.4 Å². The van der Waals surface area contributed by atoms with Crippen molar-refractivity contribution in [2.24, 2.45) is 5.73 Å². The Morgan fingerprint density at radius 2 is 2.14 bits per heavy atom. The highest BCUT2D eigenvalue weighted by Crippen LogP contribution is 2.34. The number of hydrogen-bond acceptors (Lipinski definition) is 3. The third-order valence-corrected chi connectivity index (χ3v) is 5.03. The maximum Gasteiger partial charge on any atom is 0.410 e. The van der Waals surface area contributed by atoms with Crippen molar-refractivity contribution in [1.82, 2.24) is 4.90 Å². The Hall–Kier alpha value is -0.340. The fraction of sp³-hybridized carbons (Fsp3) is 0.533. The van der Waals surface area contributed by atoms with Crippen LogP contribution in [0.2, 0.25) is 0 Å². The minimum Gasteiger partial charge on any atom is -0.444 e. The number of carbonyl (C=O) groups excluding carboxylic acids is 1. The molecule has 1 atom stereocenters. The van der Waals surface area contributed by atoms with E-state index in [2.05, 4.69) is 38.5 Å². The number of carbonyl (C=O) groups is 1. The zero-order valence-electron chi connectivity index (χ0n) is 12.5. The highest BCUT2D eigenvalue weighted by Gasteiger charge is 2.28. The summed E-state index contributed by atoms with van der Waals surface area (Å²) in [4.78, 5) is 14.1. The fourth-order valence-electron chi connectivity index (χ4n) is 2.36. The van der Waals surface area contributed by atoms with Crippen molar-refractivity contribution in [3.8, 4) is 0 Å². The van der Waals surface area contributed by atoms with Gasteiger partial charge < -0.3 is 15.4 Å². The van der Waals surface area contributed by atoms with Crippen molar-refractivity contribution in [2.75, 3.05) is 6.54 Å². The van der Waals surface area contributed by atoms with Gasteiger partial charge in [-0.25, -0.2) is 4.79 Å². The van der Waals surface area contributed by atoms with Crippen molar-refractivity contribution in [3.63, 3.8) is 0 Å². The highest BCUT2D eigenvalue weighted by molar-refractivity contribution is 14.1. The molecule has 0 fully saturated rings. The molecule has 0 saturated carbocycles. The van der Waals surface area contributed by atoms with Crippen molar-refractivity contribution in [1.29, 1.82) is 0 Å². The molecule has 0 bridgehead atoms. The van der Waals surface area contributed by atoms with Gasteiger partial charge in [0.1, 0.15) is 5.60 Å². The van der Waals surface area contributed by atoms with Crippen LogP contribution in [0.4, 0.5) is 4.79 Å². The second-order valence-electron chi connectivity index (χ2n) is 6.22. The number of nitrogens with two attached hydrogens (primary N) is 1. The van der Waals surface area contributed by atoms with Gasteiger partial charge in [-0.3, -0.25) is 0 Å². The standard InChI is InChI=1S/C15H20BrIN2O2/c1-15(2,3)21-14(20)19-7-6-12(18)13-9(8-19)11(17)5-4-10(13)16/h4-5,12H,6-8,18H2,1-3H3. The molecule has 0 aliphatic carbocycles. The normalized spacial score (nSPS) is 19.0. The quantitative estimate of drug-likeness (QED) is 0.583. The van der Waals surface area contributed by atoms with Gasteiger partial charge in [0.05, 0.1) is 6.54 Å². The van der Waals surface area contributed by atoms with Gasteiger partial charge in [0, 0.05) is 20.6 Å². The molecule has 0 aromatic heterocycles. The third kappa shape index (κ3) is 4.10. The molecule has 4 nitrogen and oxygen atoms in total. The lowest BCUT2D eigenvalue weighted by atomic mass is 10.0. The molecule has 116 valence electrons. The van der Waals surface area contributed by atoms with Gasteiger partial charge in [-0.1, -0.05) is 15.9 Å². The zero-order chi connectivity index (χ0) is 15.8. The van der Waals surface area contributed by atoms with Gasteiger partial charge in [-0.05, 0) is 73.0 Å². The van der Waals surface area contributed by atoms with E-state index in [1.54, 1.807) is 4.90 Å². The number of amides is 1. The van der Waals surface area contributed by atoms with Crippen LogP contribution in [-0.2, 0) is 11.3 Å². The number of ether oxygens (including phenoxy) is 1. The molecule has 0 spiro atoms. The molecule has 2 rings (SSSR count). The lowest BCUT2D eigenvalue weighted by Gasteiger charge is -2.26.